The summed E-state index contributed by atoms with van der Waals surface area (Å²) in [4.78, 5) is 0. The van der Waals surface area contributed by atoms with Gasteiger partial charge in [0.15, 0.2) is 0 Å². The van der Waals surface area contributed by atoms with Crippen LogP contribution in [0.5, 0.6) is 5.75 Å². The molecular formula is C11H10ClF2N3O. The second-order valence-electron chi connectivity index (χ2n) is 3.58. The van der Waals surface area contributed by atoms with Gasteiger partial charge in [-0.25, -0.2) is 4.68 Å². The molecule has 0 bridgehead atoms. The Kier molecular flexibility index (Phi) is 3.76. The predicted molar refractivity (Wildman–Crippen MR) is 62.3 cm³/mol. The van der Waals surface area contributed by atoms with E-state index in [0.29, 0.717) is 11.4 Å². The van der Waals surface area contributed by atoms with E-state index in [4.69, 9.17) is 11.6 Å². The normalized spacial score (nSPS) is 12.7. The summed E-state index contributed by atoms with van der Waals surface area (Å²) < 4.78 is 29.7. The van der Waals surface area contributed by atoms with Gasteiger partial charge in [0.1, 0.15) is 11.4 Å². The summed E-state index contributed by atoms with van der Waals surface area (Å²) in [7, 11) is 0. The molecule has 0 aliphatic rings. The monoisotopic (exact) mass is 273 g/mol. The van der Waals surface area contributed by atoms with E-state index in [1.807, 2.05) is 0 Å². The Morgan fingerprint density at radius 1 is 1.28 bits per heavy atom. The number of benzene rings is 1. The van der Waals surface area contributed by atoms with Crippen molar-refractivity contribution >= 4 is 11.6 Å². The van der Waals surface area contributed by atoms with E-state index < -0.39 is 6.61 Å². The fraction of sp³-hybridized carbons (Fsp3) is 0.273. The van der Waals surface area contributed by atoms with Crippen LogP contribution in [-0.2, 0) is 0 Å². The molecule has 0 aliphatic carbocycles. The van der Waals surface area contributed by atoms with Crippen molar-refractivity contribution in [1.29, 1.82) is 0 Å². The summed E-state index contributed by atoms with van der Waals surface area (Å²) in [6, 6.07) is 6.09. The summed E-state index contributed by atoms with van der Waals surface area (Å²) in [5.41, 5.74) is 1.33. The molecule has 1 atom stereocenters. The van der Waals surface area contributed by atoms with Gasteiger partial charge in [0.05, 0.1) is 17.3 Å². The largest absolute Gasteiger partial charge is 0.435 e. The smallest absolute Gasteiger partial charge is 0.387 e. The van der Waals surface area contributed by atoms with Gasteiger partial charge in [-0.3, -0.25) is 0 Å². The first-order chi connectivity index (χ1) is 8.56. The van der Waals surface area contributed by atoms with Crippen molar-refractivity contribution in [2.24, 2.45) is 0 Å². The highest BCUT2D eigenvalue weighted by atomic mass is 35.5. The number of ether oxygens (including phenoxy) is 1. The van der Waals surface area contributed by atoms with Crippen molar-refractivity contribution in [2.45, 2.75) is 18.9 Å². The maximum atomic E-state index is 12.0. The molecule has 0 N–H and O–H groups in total. The van der Waals surface area contributed by atoms with Crippen molar-refractivity contribution in [1.82, 2.24) is 15.0 Å². The lowest BCUT2D eigenvalue weighted by Crippen LogP contribution is -2.02. The van der Waals surface area contributed by atoms with Crippen LogP contribution in [0.1, 0.15) is 18.0 Å². The topological polar surface area (TPSA) is 39.9 Å². The van der Waals surface area contributed by atoms with Crippen molar-refractivity contribution < 1.29 is 13.5 Å². The summed E-state index contributed by atoms with van der Waals surface area (Å²) in [5.74, 6) is 0.0970. The summed E-state index contributed by atoms with van der Waals surface area (Å²) in [6.07, 6.45) is 1.68. The van der Waals surface area contributed by atoms with Crippen LogP contribution in [0.15, 0.2) is 30.5 Å². The Morgan fingerprint density at radius 2 is 1.94 bits per heavy atom. The van der Waals surface area contributed by atoms with E-state index in [-0.39, 0.29) is 11.1 Å². The molecule has 0 radical (unpaired) electrons. The van der Waals surface area contributed by atoms with Crippen LogP contribution in [0.25, 0.3) is 5.69 Å². The Morgan fingerprint density at radius 3 is 2.44 bits per heavy atom. The van der Waals surface area contributed by atoms with Crippen LogP contribution in [0, 0.1) is 0 Å². The van der Waals surface area contributed by atoms with Crippen LogP contribution in [-0.4, -0.2) is 21.6 Å². The number of rotatable bonds is 4. The average Bonchev–Trinajstić information content (AvgIpc) is 2.78. The molecule has 0 saturated carbocycles. The fourth-order valence-corrected chi connectivity index (χ4v) is 1.47. The number of hydrogen-bond donors (Lipinski definition) is 0. The number of nitrogens with zero attached hydrogens (tertiary/aromatic N) is 3. The molecule has 96 valence electrons. The first-order valence-electron chi connectivity index (χ1n) is 5.18. The lowest BCUT2D eigenvalue weighted by atomic mass is 10.3. The standard InChI is InChI=1S/C11H10ClF2N3O/c1-7(12)10-6-17(16-15-10)8-2-4-9(5-3-8)18-11(13)14/h2-7,11H,1H3. The Labute approximate surface area is 107 Å². The van der Waals surface area contributed by atoms with Gasteiger partial charge in [-0.2, -0.15) is 8.78 Å². The van der Waals surface area contributed by atoms with Gasteiger partial charge in [-0.15, -0.1) is 16.7 Å². The minimum atomic E-state index is -2.83. The lowest BCUT2D eigenvalue weighted by molar-refractivity contribution is -0.0498. The second kappa shape index (κ2) is 5.30. The third-order valence-electron chi connectivity index (χ3n) is 2.25. The first kappa shape index (κ1) is 12.8. The summed E-state index contributed by atoms with van der Waals surface area (Å²) in [6.45, 7) is -1.04. The Bertz CT molecular complexity index is 513. The van der Waals surface area contributed by atoms with Crippen LogP contribution in [0.2, 0.25) is 0 Å². The molecule has 2 aromatic rings. The molecule has 1 unspecified atom stereocenters. The van der Waals surface area contributed by atoms with Gasteiger partial charge >= 0.3 is 6.61 Å². The number of aromatic nitrogens is 3. The van der Waals surface area contributed by atoms with Gasteiger partial charge in [0, 0.05) is 0 Å². The quantitative estimate of drug-likeness (QED) is 0.803. The fourth-order valence-electron chi connectivity index (χ4n) is 1.37. The molecule has 0 aliphatic heterocycles. The van der Waals surface area contributed by atoms with Crippen LogP contribution >= 0.6 is 11.6 Å². The van der Waals surface area contributed by atoms with E-state index >= 15 is 0 Å². The third-order valence-corrected chi connectivity index (χ3v) is 2.47. The van der Waals surface area contributed by atoms with Gasteiger partial charge in [0.2, 0.25) is 0 Å². The molecule has 7 heteroatoms. The molecule has 1 heterocycles. The second-order valence-corrected chi connectivity index (χ2v) is 4.23. The SMILES string of the molecule is CC(Cl)c1cn(-c2ccc(OC(F)F)cc2)nn1. The van der Waals surface area contributed by atoms with Crippen molar-refractivity contribution in [3.63, 3.8) is 0 Å². The zero-order chi connectivity index (χ0) is 13.1. The van der Waals surface area contributed by atoms with Crippen LogP contribution < -0.4 is 4.74 Å². The highest BCUT2D eigenvalue weighted by Gasteiger charge is 2.08. The minimum Gasteiger partial charge on any atom is -0.435 e. The first-order valence-corrected chi connectivity index (χ1v) is 5.61. The van der Waals surface area contributed by atoms with Crippen LogP contribution in [0.4, 0.5) is 8.78 Å². The van der Waals surface area contributed by atoms with Gasteiger partial charge < -0.3 is 4.74 Å². The molecule has 0 amide bonds. The Hall–Kier alpha value is -1.69. The average molecular weight is 274 g/mol. The molecule has 0 saturated heterocycles. The van der Waals surface area contributed by atoms with E-state index in [2.05, 4.69) is 15.0 Å². The minimum absolute atomic E-state index is 0.0970. The van der Waals surface area contributed by atoms with E-state index in [9.17, 15) is 8.78 Å². The van der Waals surface area contributed by atoms with Gasteiger partial charge in [-0.1, -0.05) is 5.21 Å². The van der Waals surface area contributed by atoms with Gasteiger partial charge in [0.25, 0.3) is 0 Å². The van der Waals surface area contributed by atoms with E-state index in [0.717, 1.165) is 0 Å². The zero-order valence-corrected chi connectivity index (χ0v) is 10.2. The Balaban J connectivity index is 2.17. The molecule has 0 fully saturated rings. The van der Waals surface area contributed by atoms with Crippen molar-refractivity contribution in [3.8, 4) is 11.4 Å². The van der Waals surface area contributed by atoms with E-state index in [1.54, 1.807) is 25.3 Å². The predicted octanol–water partition coefficient (Wildman–Crippen LogP) is 3.17. The molecule has 1 aromatic carbocycles. The molecule has 4 nitrogen and oxygen atoms in total. The van der Waals surface area contributed by atoms with Gasteiger partial charge in [-0.05, 0) is 31.2 Å². The molecular weight excluding hydrogens is 264 g/mol. The van der Waals surface area contributed by atoms with E-state index in [1.165, 1.54) is 16.8 Å². The van der Waals surface area contributed by atoms with Crippen molar-refractivity contribution in [3.05, 3.63) is 36.2 Å². The molecule has 1 aromatic heterocycles. The zero-order valence-electron chi connectivity index (χ0n) is 9.43. The highest BCUT2D eigenvalue weighted by molar-refractivity contribution is 6.20. The summed E-state index contributed by atoms with van der Waals surface area (Å²) >= 11 is 5.87. The highest BCUT2D eigenvalue weighted by Crippen LogP contribution is 2.19. The number of halogens is 3. The lowest BCUT2D eigenvalue weighted by Gasteiger charge is -2.05. The molecule has 2 rings (SSSR count). The maximum Gasteiger partial charge on any atom is 0.387 e. The molecule has 18 heavy (non-hydrogen) atoms. The maximum absolute atomic E-state index is 12.0. The van der Waals surface area contributed by atoms with Crippen LogP contribution in [0.3, 0.4) is 0 Å². The third kappa shape index (κ3) is 2.95. The number of hydrogen-bond acceptors (Lipinski definition) is 3. The molecule has 0 spiro atoms. The summed E-state index contributed by atoms with van der Waals surface area (Å²) in [5, 5.41) is 7.55. The van der Waals surface area contributed by atoms with Crippen molar-refractivity contribution in [2.75, 3.05) is 0 Å². The number of alkyl halides is 3.